The number of ketones is 1. The van der Waals surface area contributed by atoms with Crippen LogP contribution >= 0.6 is 7.82 Å². The van der Waals surface area contributed by atoms with E-state index in [4.69, 9.17) is 13.8 Å². The van der Waals surface area contributed by atoms with Gasteiger partial charge in [-0.25, -0.2) is 4.57 Å². The van der Waals surface area contributed by atoms with Crippen molar-refractivity contribution >= 4 is 13.6 Å². The molecule has 1 rings (SSSR count). The normalized spacial score (nSPS) is 13.9. The Morgan fingerprint density at radius 2 is 1.46 bits per heavy atom. The van der Waals surface area contributed by atoms with Gasteiger partial charge in [0.1, 0.15) is 11.5 Å². The van der Waals surface area contributed by atoms with Gasteiger partial charge >= 0.3 is 7.82 Å². The fraction of sp³-hybridized carbons (Fsp3) is 0.774. The number of carbonyl (C=O) groups is 1. The molecule has 39 heavy (non-hydrogen) atoms. The Bertz CT molecular complexity index is 786. The van der Waals surface area contributed by atoms with Crippen LogP contribution in [-0.4, -0.2) is 56.0 Å². The van der Waals surface area contributed by atoms with Gasteiger partial charge in [0.2, 0.25) is 0 Å². The van der Waals surface area contributed by atoms with Crippen LogP contribution in [0.25, 0.3) is 0 Å². The molecular formula is C31H56NO6P. The minimum Gasteiger partial charge on any atom is -0.494 e. The summed E-state index contributed by atoms with van der Waals surface area (Å²) in [5.41, 5.74) is 1.04. The summed E-state index contributed by atoms with van der Waals surface area (Å²) < 4.78 is 28.6. The summed E-state index contributed by atoms with van der Waals surface area (Å²) in [5, 5.41) is 0. The van der Waals surface area contributed by atoms with E-state index in [-0.39, 0.29) is 24.9 Å². The number of hydrogen-bond donors (Lipinski definition) is 1. The molecule has 1 aromatic rings. The quantitative estimate of drug-likeness (QED) is 0.0894. The number of rotatable bonds is 26. The van der Waals surface area contributed by atoms with E-state index >= 15 is 0 Å². The molecule has 0 amide bonds. The van der Waals surface area contributed by atoms with Gasteiger partial charge in [0.15, 0.2) is 0 Å². The standard InChI is InChI=1S/C31H56NO6P/c1-5-7-8-9-10-11-12-13-14-15-23-36-31-20-18-28(19-21-31)25-29(26-30(33)17-6-2)27-38-39(34,35)37-24-16-22-32(3)4/h18-21,29H,5-17,22-27H2,1-4H3,(H,34,35). The topological polar surface area (TPSA) is 85.3 Å². The van der Waals surface area contributed by atoms with Crippen molar-refractivity contribution in [3.05, 3.63) is 29.8 Å². The number of benzene rings is 1. The number of ether oxygens (including phenoxy) is 1. The molecule has 0 aliphatic rings. The van der Waals surface area contributed by atoms with Gasteiger partial charge in [-0.2, -0.15) is 0 Å². The van der Waals surface area contributed by atoms with E-state index < -0.39 is 7.82 Å². The molecule has 7 nitrogen and oxygen atoms in total. The maximum atomic E-state index is 12.3. The van der Waals surface area contributed by atoms with E-state index in [0.29, 0.717) is 25.7 Å². The van der Waals surface area contributed by atoms with E-state index in [2.05, 4.69) is 6.92 Å². The minimum absolute atomic E-state index is 0.00605. The lowest BCUT2D eigenvalue weighted by Gasteiger charge is -2.19. The van der Waals surface area contributed by atoms with E-state index in [1.54, 1.807) is 0 Å². The molecule has 0 fully saturated rings. The molecular weight excluding hydrogens is 513 g/mol. The van der Waals surface area contributed by atoms with Gasteiger partial charge in [-0.15, -0.1) is 0 Å². The first-order chi connectivity index (χ1) is 18.8. The second kappa shape index (κ2) is 22.4. The van der Waals surface area contributed by atoms with Gasteiger partial charge in [0, 0.05) is 12.8 Å². The molecule has 2 atom stereocenters. The molecule has 1 aromatic carbocycles. The summed E-state index contributed by atoms with van der Waals surface area (Å²) in [5.74, 6) is 0.783. The summed E-state index contributed by atoms with van der Waals surface area (Å²) in [4.78, 5) is 24.4. The lowest BCUT2D eigenvalue weighted by atomic mass is 9.94. The molecule has 226 valence electrons. The molecule has 0 aromatic heterocycles. The molecule has 0 saturated carbocycles. The zero-order chi connectivity index (χ0) is 28.8. The van der Waals surface area contributed by atoms with Gasteiger partial charge in [0.05, 0.1) is 19.8 Å². The number of hydrogen-bond acceptors (Lipinski definition) is 6. The van der Waals surface area contributed by atoms with Crippen LogP contribution in [0.15, 0.2) is 24.3 Å². The van der Waals surface area contributed by atoms with E-state index in [0.717, 1.165) is 37.3 Å². The highest BCUT2D eigenvalue weighted by Gasteiger charge is 2.24. The first-order valence-electron chi connectivity index (χ1n) is 15.3. The third kappa shape index (κ3) is 20.3. The lowest BCUT2D eigenvalue weighted by Crippen LogP contribution is -2.18. The lowest BCUT2D eigenvalue weighted by molar-refractivity contribution is -0.120. The van der Waals surface area contributed by atoms with Crippen LogP contribution in [-0.2, 0) is 24.8 Å². The van der Waals surface area contributed by atoms with Crippen LogP contribution in [0.3, 0.4) is 0 Å². The Labute approximate surface area is 238 Å². The van der Waals surface area contributed by atoms with Crippen molar-refractivity contribution in [1.29, 1.82) is 0 Å². The Morgan fingerprint density at radius 1 is 0.846 bits per heavy atom. The summed E-state index contributed by atoms with van der Waals surface area (Å²) in [6, 6.07) is 7.92. The highest BCUT2D eigenvalue weighted by Crippen LogP contribution is 2.44. The highest BCUT2D eigenvalue weighted by molar-refractivity contribution is 7.47. The number of phosphoric ester groups is 1. The van der Waals surface area contributed by atoms with Crippen molar-refractivity contribution < 1.29 is 28.0 Å². The van der Waals surface area contributed by atoms with Gasteiger partial charge in [0.25, 0.3) is 0 Å². The monoisotopic (exact) mass is 569 g/mol. The maximum absolute atomic E-state index is 12.3. The first-order valence-corrected chi connectivity index (χ1v) is 16.7. The maximum Gasteiger partial charge on any atom is 0.472 e. The van der Waals surface area contributed by atoms with Crippen molar-refractivity contribution in [2.75, 3.05) is 40.5 Å². The van der Waals surface area contributed by atoms with Crippen LogP contribution < -0.4 is 4.74 Å². The zero-order valence-corrected chi connectivity index (χ0v) is 26.1. The highest BCUT2D eigenvalue weighted by atomic mass is 31.2. The largest absolute Gasteiger partial charge is 0.494 e. The first kappa shape index (κ1) is 35.8. The summed E-state index contributed by atoms with van der Waals surface area (Å²) in [6.07, 6.45) is 15.8. The van der Waals surface area contributed by atoms with Gasteiger partial charge < -0.3 is 14.5 Å². The predicted octanol–water partition coefficient (Wildman–Crippen LogP) is 7.99. The number of unbranched alkanes of at least 4 members (excludes halogenated alkanes) is 9. The second-order valence-electron chi connectivity index (χ2n) is 11.0. The van der Waals surface area contributed by atoms with Gasteiger partial charge in [-0.1, -0.05) is 83.8 Å². The third-order valence-electron chi connectivity index (χ3n) is 6.74. The van der Waals surface area contributed by atoms with E-state index in [9.17, 15) is 14.3 Å². The number of Topliss-reactive ketones (excluding diaryl/α,β-unsaturated/α-hetero) is 1. The summed E-state index contributed by atoms with van der Waals surface area (Å²) in [6.45, 7) is 5.85. The summed E-state index contributed by atoms with van der Waals surface area (Å²) >= 11 is 0. The average Bonchev–Trinajstić information content (AvgIpc) is 2.89. The number of phosphoric acid groups is 1. The Morgan fingerprint density at radius 3 is 2.05 bits per heavy atom. The van der Waals surface area contributed by atoms with E-state index in [1.165, 1.54) is 57.8 Å². The molecule has 0 heterocycles. The third-order valence-corrected chi connectivity index (χ3v) is 7.72. The zero-order valence-electron chi connectivity index (χ0n) is 25.2. The number of nitrogens with zero attached hydrogens (tertiary/aromatic N) is 1. The molecule has 0 saturated heterocycles. The Kier molecular flexibility index (Phi) is 20.6. The Balaban J connectivity index is 2.41. The van der Waals surface area contributed by atoms with Crippen LogP contribution in [0, 0.1) is 5.92 Å². The van der Waals surface area contributed by atoms with Crippen molar-refractivity contribution in [3.8, 4) is 5.75 Å². The molecule has 0 aliphatic carbocycles. The molecule has 0 bridgehead atoms. The fourth-order valence-electron chi connectivity index (χ4n) is 4.53. The van der Waals surface area contributed by atoms with Crippen molar-refractivity contribution in [2.45, 2.75) is 110 Å². The SMILES string of the molecule is CCCCCCCCCCCCOc1ccc(CC(COP(=O)(O)OCCCN(C)C)CC(=O)CCC)cc1. The van der Waals surface area contributed by atoms with Crippen LogP contribution in [0.5, 0.6) is 5.75 Å². The van der Waals surface area contributed by atoms with Gasteiger partial charge in [-0.3, -0.25) is 13.8 Å². The molecule has 0 radical (unpaired) electrons. The fourth-order valence-corrected chi connectivity index (χ4v) is 5.36. The smallest absolute Gasteiger partial charge is 0.472 e. The second-order valence-corrected chi connectivity index (χ2v) is 12.4. The molecule has 2 unspecified atom stereocenters. The van der Waals surface area contributed by atoms with Crippen molar-refractivity contribution in [3.63, 3.8) is 0 Å². The predicted molar refractivity (Wildman–Crippen MR) is 160 cm³/mol. The Hall–Kier alpha value is -1.24. The molecule has 1 N–H and O–H groups in total. The summed E-state index contributed by atoms with van der Waals surface area (Å²) in [7, 11) is -0.289. The molecule has 0 aliphatic heterocycles. The van der Waals surface area contributed by atoms with Crippen LogP contribution in [0.4, 0.5) is 0 Å². The van der Waals surface area contributed by atoms with Crippen molar-refractivity contribution in [1.82, 2.24) is 4.90 Å². The average molecular weight is 570 g/mol. The van der Waals surface area contributed by atoms with Crippen LogP contribution in [0.1, 0.15) is 109 Å². The van der Waals surface area contributed by atoms with Crippen LogP contribution in [0.2, 0.25) is 0 Å². The molecule has 0 spiro atoms. The van der Waals surface area contributed by atoms with Gasteiger partial charge in [-0.05, 0) is 69.9 Å². The molecule has 8 heteroatoms. The van der Waals surface area contributed by atoms with Crippen molar-refractivity contribution in [2.24, 2.45) is 5.92 Å². The minimum atomic E-state index is -4.16. The number of carbonyl (C=O) groups excluding carboxylic acids is 1. The van der Waals surface area contributed by atoms with E-state index in [1.807, 2.05) is 50.2 Å².